The molecule has 0 radical (unpaired) electrons. The molecule has 2 amide bonds. The first-order chi connectivity index (χ1) is 17.2. The molecular formula is C31H45N3O2. The van der Waals surface area contributed by atoms with Crippen LogP contribution in [0, 0.1) is 12.8 Å². The van der Waals surface area contributed by atoms with Crippen molar-refractivity contribution in [2.45, 2.75) is 74.1 Å². The van der Waals surface area contributed by atoms with Gasteiger partial charge in [-0.2, -0.15) is 0 Å². The fourth-order valence-corrected chi connectivity index (χ4v) is 4.92. The van der Waals surface area contributed by atoms with Gasteiger partial charge in [-0.25, -0.2) is 0 Å². The number of carbonyl (C=O) groups excluding carboxylic acids is 2. The van der Waals surface area contributed by atoms with Gasteiger partial charge in [-0.3, -0.25) is 9.59 Å². The number of hydrogen-bond acceptors (Lipinski definition) is 3. The van der Waals surface area contributed by atoms with Gasteiger partial charge in [0, 0.05) is 50.2 Å². The standard InChI is InChI=1S/C29H39N3O2.C2H6/c1-7-8-26-17-20(2)11-16-32(26)28(19-24-12-14-31(15-13-24)23(5)33)22(4)27-10-9-25(18-21(27)3)29(34)30-6;1-2/h8-11,16-18,24H,7,12-15,19H2,1-6H3,(H,30,34);1-2H3/b26-8+,28-22+;. The molecule has 0 saturated carbocycles. The summed E-state index contributed by atoms with van der Waals surface area (Å²) in [5.41, 5.74) is 7.91. The highest BCUT2D eigenvalue weighted by molar-refractivity contribution is 5.94. The molecule has 5 heteroatoms. The van der Waals surface area contributed by atoms with Crippen LogP contribution < -0.4 is 5.32 Å². The Morgan fingerprint density at radius 1 is 1.11 bits per heavy atom. The lowest BCUT2D eigenvalue weighted by molar-refractivity contribution is -0.130. The molecule has 1 fully saturated rings. The van der Waals surface area contributed by atoms with E-state index in [1.54, 1.807) is 14.0 Å². The molecule has 0 aliphatic carbocycles. The van der Waals surface area contributed by atoms with Gasteiger partial charge in [0.25, 0.3) is 5.91 Å². The minimum absolute atomic E-state index is 0.0681. The van der Waals surface area contributed by atoms with Crippen molar-refractivity contribution in [3.63, 3.8) is 0 Å². The highest BCUT2D eigenvalue weighted by atomic mass is 16.2. The van der Waals surface area contributed by atoms with Gasteiger partial charge in [-0.05, 0) is 98.9 Å². The summed E-state index contributed by atoms with van der Waals surface area (Å²) in [7, 11) is 1.66. The Morgan fingerprint density at radius 3 is 2.33 bits per heavy atom. The average molecular weight is 492 g/mol. The van der Waals surface area contributed by atoms with Gasteiger partial charge >= 0.3 is 0 Å². The van der Waals surface area contributed by atoms with E-state index in [2.05, 4.69) is 68.4 Å². The third-order valence-corrected chi connectivity index (χ3v) is 6.94. The Kier molecular flexibility index (Phi) is 11.2. The second-order valence-electron chi connectivity index (χ2n) is 9.45. The Balaban J connectivity index is 0.00000222. The first kappa shape index (κ1) is 29.2. The fourth-order valence-electron chi connectivity index (χ4n) is 4.92. The molecule has 1 saturated heterocycles. The summed E-state index contributed by atoms with van der Waals surface area (Å²) in [5.74, 6) is 0.626. The number of hydrogen-bond donors (Lipinski definition) is 1. The number of nitrogens with one attached hydrogen (secondary N) is 1. The summed E-state index contributed by atoms with van der Waals surface area (Å²) in [5, 5.41) is 2.71. The zero-order valence-electron chi connectivity index (χ0n) is 23.6. The summed E-state index contributed by atoms with van der Waals surface area (Å²) >= 11 is 0. The van der Waals surface area contributed by atoms with Crippen LogP contribution in [0.25, 0.3) is 5.57 Å². The number of piperidine rings is 1. The molecule has 3 rings (SSSR count). The van der Waals surface area contributed by atoms with E-state index in [-0.39, 0.29) is 11.8 Å². The first-order valence-corrected chi connectivity index (χ1v) is 13.4. The van der Waals surface area contributed by atoms with Gasteiger partial charge in [0.15, 0.2) is 0 Å². The summed E-state index contributed by atoms with van der Waals surface area (Å²) in [6, 6.07) is 5.96. The van der Waals surface area contributed by atoms with Gasteiger partial charge < -0.3 is 15.1 Å². The molecule has 196 valence electrons. The van der Waals surface area contributed by atoms with Crippen LogP contribution in [0.15, 0.2) is 59.6 Å². The van der Waals surface area contributed by atoms with Crippen LogP contribution in [0.4, 0.5) is 0 Å². The van der Waals surface area contributed by atoms with Crippen molar-refractivity contribution in [3.8, 4) is 0 Å². The van der Waals surface area contributed by atoms with Crippen LogP contribution in [-0.2, 0) is 4.79 Å². The molecular weight excluding hydrogens is 446 g/mol. The van der Waals surface area contributed by atoms with Gasteiger partial charge in [0.2, 0.25) is 5.91 Å². The van der Waals surface area contributed by atoms with Gasteiger partial charge in [0.1, 0.15) is 0 Å². The Bertz CT molecular complexity index is 1050. The lowest BCUT2D eigenvalue weighted by atomic mass is 9.88. The molecule has 2 aliphatic rings. The van der Waals surface area contributed by atoms with Crippen LogP contribution in [0.2, 0.25) is 0 Å². The molecule has 0 spiro atoms. The summed E-state index contributed by atoms with van der Waals surface area (Å²) in [4.78, 5) is 28.2. The topological polar surface area (TPSA) is 52.7 Å². The number of likely N-dealkylation sites (tertiary alicyclic amines) is 1. The van der Waals surface area contributed by atoms with E-state index in [0.717, 1.165) is 44.3 Å². The molecule has 5 nitrogen and oxygen atoms in total. The lowest BCUT2D eigenvalue weighted by Gasteiger charge is -2.36. The predicted octanol–water partition coefficient (Wildman–Crippen LogP) is 6.83. The van der Waals surface area contributed by atoms with Crippen molar-refractivity contribution in [2.24, 2.45) is 5.92 Å². The van der Waals surface area contributed by atoms with Crippen LogP contribution in [0.5, 0.6) is 0 Å². The average Bonchev–Trinajstić information content (AvgIpc) is 2.88. The predicted molar refractivity (Wildman–Crippen MR) is 151 cm³/mol. The van der Waals surface area contributed by atoms with Gasteiger partial charge in [0.05, 0.1) is 0 Å². The number of allylic oxidation sites excluding steroid dienone is 6. The smallest absolute Gasteiger partial charge is 0.251 e. The van der Waals surface area contributed by atoms with E-state index < -0.39 is 0 Å². The molecule has 1 aromatic carbocycles. The maximum atomic E-state index is 12.1. The Morgan fingerprint density at radius 2 is 1.78 bits per heavy atom. The van der Waals surface area contributed by atoms with Crippen molar-refractivity contribution >= 4 is 17.4 Å². The molecule has 1 N–H and O–H groups in total. The molecule has 1 aromatic rings. The van der Waals surface area contributed by atoms with Crippen LogP contribution in [0.3, 0.4) is 0 Å². The van der Waals surface area contributed by atoms with Crippen molar-refractivity contribution in [3.05, 3.63) is 76.3 Å². The van der Waals surface area contributed by atoms with E-state index in [9.17, 15) is 9.59 Å². The van der Waals surface area contributed by atoms with Crippen LogP contribution in [0.1, 0.15) is 88.7 Å². The highest BCUT2D eigenvalue weighted by Crippen LogP contribution is 2.36. The number of benzene rings is 1. The zero-order chi connectivity index (χ0) is 26.8. The van der Waals surface area contributed by atoms with Crippen LogP contribution >= 0.6 is 0 Å². The van der Waals surface area contributed by atoms with Crippen LogP contribution in [-0.4, -0.2) is 41.8 Å². The Labute approximate surface area is 218 Å². The maximum Gasteiger partial charge on any atom is 0.251 e. The van der Waals surface area contributed by atoms with E-state index >= 15 is 0 Å². The summed E-state index contributed by atoms with van der Waals surface area (Å²) < 4.78 is 0. The maximum absolute atomic E-state index is 12.1. The third kappa shape index (κ3) is 7.22. The third-order valence-electron chi connectivity index (χ3n) is 6.94. The lowest BCUT2D eigenvalue weighted by Crippen LogP contribution is -2.37. The summed E-state index contributed by atoms with van der Waals surface area (Å²) in [6.45, 7) is 15.9. The number of aryl methyl sites for hydroxylation is 1. The molecule has 2 heterocycles. The minimum Gasteiger partial charge on any atom is -0.355 e. The van der Waals surface area contributed by atoms with E-state index in [0.29, 0.717) is 11.5 Å². The second kappa shape index (κ2) is 13.9. The van der Waals surface area contributed by atoms with E-state index in [4.69, 9.17) is 0 Å². The van der Waals surface area contributed by atoms with Crippen molar-refractivity contribution in [1.29, 1.82) is 0 Å². The Hall–Kier alpha value is -3.08. The monoisotopic (exact) mass is 491 g/mol. The first-order valence-electron chi connectivity index (χ1n) is 13.4. The molecule has 0 bridgehead atoms. The van der Waals surface area contributed by atoms with Crippen molar-refractivity contribution < 1.29 is 9.59 Å². The van der Waals surface area contributed by atoms with E-state index in [1.807, 2.05) is 30.9 Å². The van der Waals surface area contributed by atoms with Gasteiger partial charge in [-0.1, -0.05) is 32.9 Å². The SMILES string of the molecule is CC.CC/C=C1\C=C(C)C=CN1/C(CC1CCN(C(C)=O)CC1)=C(\C)c1ccc(C(=O)NC)cc1C. The number of nitrogens with zero attached hydrogens (tertiary/aromatic N) is 2. The fraction of sp³-hybridized carbons (Fsp3) is 0.484. The molecule has 2 aliphatic heterocycles. The van der Waals surface area contributed by atoms with Crippen molar-refractivity contribution in [1.82, 2.24) is 15.1 Å². The molecule has 0 atom stereocenters. The van der Waals surface area contributed by atoms with Gasteiger partial charge in [-0.15, -0.1) is 0 Å². The van der Waals surface area contributed by atoms with E-state index in [1.165, 1.54) is 28.1 Å². The number of carbonyl (C=O) groups is 2. The van der Waals surface area contributed by atoms with Crippen molar-refractivity contribution in [2.75, 3.05) is 20.1 Å². The number of rotatable bonds is 6. The molecule has 0 unspecified atom stereocenters. The minimum atomic E-state index is -0.0681. The number of amides is 2. The zero-order valence-corrected chi connectivity index (χ0v) is 23.6. The molecule has 0 aromatic heterocycles. The highest BCUT2D eigenvalue weighted by Gasteiger charge is 2.26. The summed E-state index contributed by atoms with van der Waals surface area (Å²) in [6.07, 6.45) is 12.8. The normalized spacial score (nSPS) is 17.8. The molecule has 36 heavy (non-hydrogen) atoms. The second-order valence-corrected chi connectivity index (χ2v) is 9.45. The largest absolute Gasteiger partial charge is 0.355 e. The quantitative estimate of drug-likeness (QED) is 0.474.